The van der Waals surface area contributed by atoms with E-state index in [4.69, 9.17) is 23.2 Å². The monoisotopic (exact) mass is 395 g/mol. The number of rotatable bonds is 3. The van der Waals surface area contributed by atoms with E-state index in [0.29, 0.717) is 21.5 Å². The summed E-state index contributed by atoms with van der Waals surface area (Å²) in [7, 11) is 0. The average molecular weight is 396 g/mol. The molecule has 2 nitrogen and oxygen atoms in total. The first-order chi connectivity index (χ1) is 13.1. The summed E-state index contributed by atoms with van der Waals surface area (Å²) in [6.45, 7) is 0. The van der Waals surface area contributed by atoms with Crippen molar-refractivity contribution in [2.75, 3.05) is 5.32 Å². The number of amides is 1. The Hall–Kier alpha value is -2.29. The van der Waals surface area contributed by atoms with E-state index in [1.807, 2.05) is 48.5 Å². The van der Waals surface area contributed by atoms with Crippen LogP contribution < -0.4 is 5.32 Å². The van der Waals surface area contributed by atoms with Gasteiger partial charge in [0.15, 0.2) is 0 Å². The van der Waals surface area contributed by atoms with Crippen LogP contribution in [0.15, 0.2) is 66.7 Å². The van der Waals surface area contributed by atoms with E-state index < -0.39 is 0 Å². The maximum atomic E-state index is 12.4. The first-order valence-corrected chi connectivity index (χ1v) is 9.81. The molecule has 0 saturated carbocycles. The fraction of sp³-hybridized carbons (Fsp3) is 0.174. The first-order valence-electron chi connectivity index (χ1n) is 9.06. The van der Waals surface area contributed by atoms with Crippen LogP contribution in [0.4, 0.5) is 5.69 Å². The van der Waals surface area contributed by atoms with Gasteiger partial charge in [0.25, 0.3) is 5.91 Å². The van der Waals surface area contributed by atoms with Crippen LogP contribution in [-0.4, -0.2) is 5.91 Å². The summed E-state index contributed by atoms with van der Waals surface area (Å²) in [5.74, 6) is 0.217. The Morgan fingerprint density at radius 1 is 0.926 bits per heavy atom. The molecule has 0 fully saturated rings. The van der Waals surface area contributed by atoms with Gasteiger partial charge in [0.1, 0.15) is 0 Å². The fourth-order valence-corrected chi connectivity index (χ4v) is 4.07. The number of fused-ring (bicyclic) bond motifs is 1. The molecule has 0 radical (unpaired) electrons. The van der Waals surface area contributed by atoms with Crippen molar-refractivity contribution in [1.82, 2.24) is 0 Å². The van der Waals surface area contributed by atoms with Gasteiger partial charge in [-0.1, -0.05) is 53.5 Å². The number of carbonyl (C=O) groups is 1. The van der Waals surface area contributed by atoms with Gasteiger partial charge < -0.3 is 5.32 Å². The van der Waals surface area contributed by atoms with Crippen LogP contribution >= 0.6 is 23.2 Å². The number of anilines is 1. The molecule has 3 aromatic rings. The molecule has 0 spiro atoms. The second kappa shape index (κ2) is 7.75. The van der Waals surface area contributed by atoms with Crippen molar-refractivity contribution in [2.45, 2.75) is 25.2 Å². The predicted octanol–water partition coefficient (Wildman–Crippen LogP) is 6.71. The lowest BCUT2D eigenvalue weighted by Gasteiger charge is -2.27. The van der Waals surface area contributed by atoms with Crippen molar-refractivity contribution in [3.63, 3.8) is 0 Å². The predicted molar refractivity (Wildman–Crippen MR) is 112 cm³/mol. The third-order valence-corrected chi connectivity index (χ3v) is 5.84. The second-order valence-corrected chi connectivity index (χ2v) is 7.67. The summed E-state index contributed by atoms with van der Waals surface area (Å²) in [6, 6.07) is 21.3. The molecular formula is C23H19Cl2NO. The molecule has 0 heterocycles. The topological polar surface area (TPSA) is 29.1 Å². The van der Waals surface area contributed by atoms with E-state index >= 15 is 0 Å². The number of hydrogen-bond acceptors (Lipinski definition) is 1. The molecule has 1 amide bonds. The first kappa shape index (κ1) is 18.1. The van der Waals surface area contributed by atoms with E-state index in [0.717, 1.165) is 24.9 Å². The zero-order valence-corrected chi connectivity index (χ0v) is 16.2. The number of halogens is 2. The van der Waals surface area contributed by atoms with Gasteiger partial charge in [0, 0.05) is 17.2 Å². The van der Waals surface area contributed by atoms with Gasteiger partial charge in [-0.05, 0) is 72.4 Å². The molecule has 4 heteroatoms. The molecule has 1 aliphatic rings. The number of nitrogens with one attached hydrogen (secondary N) is 1. The molecule has 1 atom stereocenters. The van der Waals surface area contributed by atoms with E-state index in [2.05, 4.69) is 23.5 Å². The Kier molecular flexibility index (Phi) is 5.20. The third-order valence-electron chi connectivity index (χ3n) is 5.10. The maximum Gasteiger partial charge on any atom is 0.255 e. The molecule has 1 aliphatic carbocycles. The van der Waals surface area contributed by atoms with E-state index in [1.165, 1.54) is 16.7 Å². The molecule has 0 aromatic heterocycles. The highest BCUT2D eigenvalue weighted by atomic mass is 35.5. The van der Waals surface area contributed by atoms with Crippen LogP contribution in [0.1, 0.15) is 45.8 Å². The van der Waals surface area contributed by atoms with E-state index in [-0.39, 0.29) is 5.91 Å². The Morgan fingerprint density at radius 3 is 2.52 bits per heavy atom. The van der Waals surface area contributed by atoms with Gasteiger partial charge >= 0.3 is 0 Å². The van der Waals surface area contributed by atoms with Crippen molar-refractivity contribution in [3.05, 3.63) is 99.0 Å². The van der Waals surface area contributed by atoms with E-state index in [1.54, 1.807) is 0 Å². The van der Waals surface area contributed by atoms with Gasteiger partial charge in [-0.3, -0.25) is 4.79 Å². The standard InChI is InChI=1S/C23H19Cl2NO/c24-21-12-9-17(14-22(21)25)19-8-4-7-16-13-18(10-11-20(16)19)26-23(27)15-5-2-1-3-6-15/h1-3,5-6,9-14,19H,4,7-8H2,(H,26,27)/t19-/m0/s1. The summed E-state index contributed by atoms with van der Waals surface area (Å²) < 4.78 is 0. The molecule has 0 unspecified atom stereocenters. The van der Waals surface area contributed by atoms with Crippen LogP contribution in [0.2, 0.25) is 10.0 Å². The Morgan fingerprint density at radius 2 is 1.74 bits per heavy atom. The SMILES string of the molecule is O=C(Nc1ccc2c(c1)CCC[C@H]2c1ccc(Cl)c(Cl)c1)c1ccccc1. The molecular weight excluding hydrogens is 377 g/mol. The number of benzene rings is 3. The lowest BCUT2D eigenvalue weighted by molar-refractivity contribution is 0.102. The minimum atomic E-state index is -0.0904. The van der Waals surface area contributed by atoms with Crippen molar-refractivity contribution in [2.24, 2.45) is 0 Å². The highest BCUT2D eigenvalue weighted by molar-refractivity contribution is 6.42. The number of aryl methyl sites for hydroxylation is 1. The Balaban J connectivity index is 1.60. The van der Waals surface area contributed by atoms with Crippen LogP contribution in [0.25, 0.3) is 0 Å². The summed E-state index contributed by atoms with van der Waals surface area (Å²) in [4.78, 5) is 12.4. The van der Waals surface area contributed by atoms with Gasteiger partial charge in [0.2, 0.25) is 0 Å². The lowest BCUT2D eigenvalue weighted by atomic mass is 9.79. The highest BCUT2D eigenvalue weighted by Crippen LogP contribution is 2.39. The fourth-order valence-electron chi connectivity index (χ4n) is 3.76. The van der Waals surface area contributed by atoms with Crippen LogP contribution in [0.3, 0.4) is 0 Å². The molecule has 3 aromatic carbocycles. The molecule has 4 rings (SSSR count). The Bertz CT molecular complexity index is 985. The van der Waals surface area contributed by atoms with Crippen LogP contribution in [0, 0.1) is 0 Å². The summed E-state index contributed by atoms with van der Waals surface area (Å²) in [5, 5.41) is 4.17. The third kappa shape index (κ3) is 3.87. The molecule has 27 heavy (non-hydrogen) atoms. The molecule has 0 bridgehead atoms. The van der Waals surface area contributed by atoms with E-state index in [9.17, 15) is 4.79 Å². The zero-order chi connectivity index (χ0) is 18.8. The van der Waals surface area contributed by atoms with Crippen molar-refractivity contribution >= 4 is 34.8 Å². The molecule has 1 N–H and O–H groups in total. The van der Waals surface area contributed by atoms with Crippen molar-refractivity contribution in [1.29, 1.82) is 0 Å². The van der Waals surface area contributed by atoms with Gasteiger partial charge in [-0.15, -0.1) is 0 Å². The number of hydrogen-bond donors (Lipinski definition) is 1. The van der Waals surface area contributed by atoms with Gasteiger partial charge in [-0.25, -0.2) is 0 Å². The number of carbonyl (C=O) groups excluding carboxylic acids is 1. The lowest BCUT2D eigenvalue weighted by Crippen LogP contribution is -2.14. The van der Waals surface area contributed by atoms with Crippen molar-refractivity contribution in [3.8, 4) is 0 Å². The Labute approximate surface area is 169 Å². The molecule has 0 aliphatic heterocycles. The quantitative estimate of drug-likeness (QED) is 0.524. The second-order valence-electron chi connectivity index (χ2n) is 6.85. The average Bonchev–Trinajstić information content (AvgIpc) is 2.70. The minimum Gasteiger partial charge on any atom is -0.322 e. The van der Waals surface area contributed by atoms with Gasteiger partial charge in [-0.2, -0.15) is 0 Å². The summed E-state index contributed by atoms with van der Waals surface area (Å²) >= 11 is 12.3. The van der Waals surface area contributed by atoms with Crippen molar-refractivity contribution < 1.29 is 4.79 Å². The minimum absolute atomic E-state index is 0.0904. The highest BCUT2D eigenvalue weighted by Gasteiger charge is 2.23. The maximum absolute atomic E-state index is 12.4. The normalized spacial score (nSPS) is 15.9. The molecule has 136 valence electrons. The zero-order valence-electron chi connectivity index (χ0n) is 14.7. The smallest absolute Gasteiger partial charge is 0.255 e. The summed E-state index contributed by atoms with van der Waals surface area (Å²) in [5.41, 5.74) is 5.26. The molecule has 0 saturated heterocycles. The summed E-state index contributed by atoms with van der Waals surface area (Å²) in [6.07, 6.45) is 3.21. The van der Waals surface area contributed by atoms with Crippen LogP contribution in [0.5, 0.6) is 0 Å². The van der Waals surface area contributed by atoms with Crippen LogP contribution in [-0.2, 0) is 6.42 Å². The largest absolute Gasteiger partial charge is 0.322 e. The van der Waals surface area contributed by atoms with Gasteiger partial charge in [0.05, 0.1) is 10.0 Å².